The summed E-state index contributed by atoms with van der Waals surface area (Å²) in [5.74, 6) is 2.10. The van der Waals surface area contributed by atoms with E-state index in [1.165, 1.54) is 11.8 Å². The van der Waals surface area contributed by atoms with Crippen molar-refractivity contribution < 1.29 is 19.4 Å². The predicted molar refractivity (Wildman–Crippen MR) is 144 cm³/mol. The van der Waals surface area contributed by atoms with Gasteiger partial charge in [0.2, 0.25) is 0 Å². The highest BCUT2D eigenvalue weighted by atomic mass is 32.2. The third-order valence-corrected chi connectivity index (χ3v) is 6.42. The van der Waals surface area contributed by atoms with E-state index < -0.39 is 0 Å². The number of benzene rings is 3. The number of phenolic OH excluding ortho intramolecular Hbond substituents is 1. The molecule has 0 saturated heterocycles. The van der Waals surface area contributed by atoms with Crippen LogP contribution in [0.4, 0.5) is 0 Å². The number of hydrogen-bond donors (Lipinski definition) is 2. The van der Waals surface area contributed by atoms with Crippen LogP contribution in [-0.2, 0) is 4.79 Å². The molecule has 1 heterocycles. The van der Waals surface area contributed by atoms with Crippen LogP contribution in [0.15, 0.2) is 83.1 Å². The molecule has 0 aliphatic rings. The fourth-order valence-electron chi connectivity index (χ4n) is 3.55. The molecule has 0 unspecified atom stereocenters. The van der Waals surface area contributed by atoms with Crippen molar-refractivity contribution in [3.8, 4) is 34.3 Å². The van der Waals surface area contributed by atoms with E-state index in [4.69, 9.17) is 9.47 Å². The quantitative estimate of drug-likeness (QED) is 0.179. The van der Waals surface area contributed by atoms with E-state index in [0.717, 1.165) is 28.3 Å². The lowest BCUT2D eigenvalue weighted by Gasteiger charge is -2.11. The molecule has 0 radical (unpaired) electrons. The third-order valence-electron chi connectivity index (χ3n) is 5.50. The Morgan fingerprint density at radius 3 is 2.16 bits per heavy atom. The molecule has 2 N–H and O–H groups in total. The van der Waals surface area contributed by atoms with Gasteiger partial charge >= 0.3 is 0 Å². The van der Waals surface area contributed by atoms with Crippen molar-refractivity contribution >= 4 is 23.4 Å². The van der Waals surface area contributed by atoms with E-state index in [1.54, 1.807) is 38.5 Å². The molecule has 0 fully saturated rings. The second-order valence-corrected chi connectivity index (χ2v) is 8.79. The molecule has 9 nitrogen and oxygen atoms in total. The minimum atomic E-state index is -0.273. The molecule has 4 aromatic rings. The summed E-state index contributed by atoms with van der Waals surface area (Å²) in [4.78, 5) is 12.6. The summed E-state index contributed by atoms with van der Waals surface area (Å²) in [6.07, 6.45) is 0.620. The maximum atomic E-state index is 12.6. The molecule has 4 rings (SSSR count). The van der Waals surface area contributed by atoms with Gasteiger partial charge in [-0.25, -0.2) is 5.43 Å². The highest BCUT2D eigenvalue weighted by Gasteiger charge is 2.18. The van der Waals surface area contributed by atoms with E-state index in [2.05, 4.69) is 20.7 Å². The molecule has 3 aromatic carbocycles. The van der Waals surface area contributed by atoms with E-state index in [9.17, 15) is 9.90 Å². The van der Waals surface area contributed by atoms with Crippen molar-refractivity contribution in [2.75, 3.05) is 20.0 Å². The SMILES string of the molecule is CCC(=NNC(=O)CSc1nnc(-c2ccc(OC)cc2)n1-c1ccc(OC)cc1)c1ccc(O)cc1. The summed E-state index contributed by atoms with van der Waals surface area (Å²) in [5, 5.41) is 23.1. The molecule has 1 amide bonds. The van der Waals surface area contributed by atoms with Crippen molar-refractivity contribution in [1.82, 2.24) is 20.2 Å². The third kappa shape index (κ3) is 6.28. The zero-order chi connectivity index (χ0) is 26.2. The minimum Gasteiger partial charge on any atom is -0.508 e. The number of aromatic hydroxyl groups is 1. The first-order chi connectivity index (χ1) is 18.0. The Balaban J connectivity index is 1.55. The Morgan fingerprint density at radius 2 is 1.57 bits per heavy atom. The summed E-state index contributed by atoms with van der Waals surface area (Å²) >= 11 is 1.26. The Kier molecular flexibility index (Phi) is 8.42. The molecule has 0 aliphatic heterocycles. The number of rotatable bonds is 10. The summed E-state index contributed by atoms with van der Waals surface area (Å²) in [7, 11) is 3.23. The van der Waals surface area contributed by atoms with Crippen LogP contribution < -0.4 is 14.9 Å². The van der Waals surface area contributed by atoms with E-state index in [-0.39, 0.29) is 17.4 Å². The molecular weight excluding hydrogens is 490 g/mol. The monoisotopic (exact) mass is 517 g/mol. The molecule has 0 atom stereocenters. The van der Waals surface area contributed by atoms with Gasteiger partial charge in [0.05, 0.1) is 25.7 Å². The standard InChI is InChI=1S/C27H27N5O4S/c1-4-24(18-5-11-21(33)12-6-18)28-29-25(34)17-37-27-31-30-26(19-7-13-22(35-2)14-8-19)32(27)20-9-15-23(36-3)16-10-20/h5-16,33H,4,17H2,1-3H3,(H,29,34). The minimum absolute atomic E-state index is 0.0903. The lowest BCUT2D eigenvalue weighted by Crippen LogP contribution is -2.22. The van der Waals surface area contributed by atoms with Crippen molar-refractivity contribution in [1.29, 1.82) is 0 Å². The van der Waals surface area contributed by atoms with Gasteiger partial charge < -0.3 is 14.6 Å². The fourth-order valence-corrected chi connectivity index (χ4v) is 4.29. The lowest BCUT2D eigenvalue weighted by atomic mass is 10.1. The number of phenols is 1. The van der Waals surface area contributed by atoms with Crippen molar-refractivity contribution in [2.24, 2.45) is 5.10 Å². The summed E-state index contributed by atoms with van der Waals surface area (Å²) < 4.78 is 12.5. The number of thioether (sulfide) groups is 1. The molecule has 0 aliphatic carbocycles. The summed E-state index contributed by atoms with van der Waals surface area (Å²) in [5.41, 5.74) is 5.85. The summed E-state index contributed by atoms with van der Waals surface area (Å²) in [6.45, 7) is 1.95. The van der Waals surface area contributed by atoms with Gasteiger partial charge in [0, 0.05) is 11.3 Å². The predicted octanol–water partition coefficient (Wildman–Crippen LogP) is 4.68. The van der Waals surface area contributed by atoms with Crippen LogP contribution in [0.1, 0.15) is 18.9 Å². The zero-order valence-corrected chi connectivity index (χ0v) is 21.5. The van der Waals surface area contributed by atoms with Crippen LogP contribution in [0.2, 0.25) is 0 Å². The number of carbonyl (C=O) groups excluding carboxylic acids is 1. The van der Waals surface area contributed by atoms with E-state index in [1.807, 2.05) is 60.0 Å². The number of hydrazone groups is 1. The van der Waals surface area contributed by atoms with Gasteiger partial charge in [-0.2, -0.15) is 5.10 Å². The van der Waals surface area contributed by atoms with Crippen LogP contribution in [0, 0.1) is 0 Å². The Hall–Kier alpha value is -4.31. The topological polar surface area (TPSA) is 111 Å². The molecule has 0 bridgehead atoms. The maximum absolute atomic E-state index is 12.6. The lowest BCUT2D eigenvalue weighted by molar-refractivity contribution is -0.118. The van der Waals surface area contributed by atoms with Crippen LogP contribution in [0.3, 0.4) is 0 Å². The molecule has 0 saturated carbocycles. The number of amides is 1. The average molecular weight is 518 g/mol. The van der Waals surface area contributed by atoms with Gasteiger partial charge in [0.25, 0.3) is 5.91 Å². The second-order valence-electron chi connectivity index (χ2n) is 7.85. The van der Waals surface area contributed by atoms with Gasteiger partial charge in [0.1, 0.15) is 17.2 Å². The first-order valence-corrected chi connectivity index (χ1v) is 12.5. The number of aromatic nitrogens is 3. The van der Waals surface area contributed by atoms with Crippen LogP contribution >= 0.6 is 11.8 Å². The largest absolute Gasteiger partial charge is 0.508 e. The molecular formula is C27H27N5O4S. The Morgan fingerprint density at radius 1 is 0.946 bits per heavy atom. The van der Waals surface area contributed by atoms with Gasteiger partial charge in [-0.3, -0.25) is 9.36 Å². The molecule has 37 heavy (non-hydrogen) atoms. The summed E-state index contributed by atoms with van der Waals surface area (Å²) in [6, 6.07) is 21.8. The molecule has 1 aromatic heterocycles. The van der Waals surface area contributed by atoms with Gasteiger partial charge in [-0.05, 0) is 84.8 Å². The second kappa shape index (κ2) is 12.1. The molecule has 0 spiro atoms. The van der Waals surface area contributed by atoms with Gasteiger partial charge in [0.15, 0.2) is 11.0 Å². The Labute approximate surface area is 219 Å². The van der Waals surface area contributed by atoms with E-state index in [0.29, 0.717) is 23.1 Å². The zero-order valence-electron chi connectivity index (χ0n) is 20.7. The number of ether oxygens (including phenoxy) is 2. The van der Waals surface area contributed by atoms with Crippen LogP contribution in [0.25, 0.3) is 17.1 Å². The number of nitrogens with zero attached hydrogens (tertiary/aromatic N) is 4. The highest BCUT2D eigenvalue weighted by Crippen LogP contribution is 2.29. The van der Waals surface area contributed by atoms with Gasteiger partial charge in [-0.15, -0.1) is 10.2 Å². The van der Waals surface area contributed by atoms with Crippen molar-refractivity contribution in [2.45, 2.75) is 18.5 Å². The van der Waals surface area contributed by atoms with E-state index >= 15 is 0 Å². The number of nitrogens with one attached hydrogen (secondary N) is 1. The Bertz CT molecular complexity index is 1370. The van der Waals surface area contributed by atoms with Crippen molar-refractivity contribution in [3.63, 3.8) is 0 Å². The smallest absolute Gasteiger partial charge is 0.250 e. The first kappa shape index (κ1) is 25.8. The van der Waals surface area contributed by atoms with Crippen LogP contribution in [0.5, 0.6) is 17.2 Å². The van der Waals surface area contributed by atoms with Gasteiger partial charge in [-0.1, -0.05) is 18.7 Å². The maximum Gasteiger partial charge on any atom is 0.250 e. The van der Waals surface area contributed by atoms with Crippen molar-refractivity contribution in [3.05, 3.63) is 78.4 Å². The fraction of sp³-hybridized carbons (Fsp3) is 0.185. The molecule has 190 valence electrons. The normalized spacial score (nSPS) is 11.3. The first-order valence-electron chi connectivity index (χ1n) is 11.5. The van der Waals surface area contributed by atoms with Crippen LogP contribution in [-0.4, -0.2) is 51.5 Å². The average Bonchev–Trinajstić information content (AvgIpc) is 3.37. The molecule has 10 heteroatoms. The number of methoxy groups -OCH3 is 2. The highest BCUT2D eigenvalue weighted by molar-refractivity contribution is 7.99. The number of carbonyl (C=O) groups is 1. The number of hydrogen-bond acceptors (Lipinski definition) is 8.